The number of halogens is 3. The predicted octanol–water partition coefficient (Wildman–Crippen LogP) is 5.38. The van der Waals surface area contributed by atoms with Gasteiger partial charge in [-0.05, 0) is 36.2 Å². The number of anilines is 1. The Labute approximate surface area is 134 Å². The molecule has 1 aromatic carbocycles. The van der Waals surface area contributed by atoms with E-state index in [2.05, 4.69) is 15.3 Å². The molecule has 0 unspecified atom stereocenters. The standard InChI is InChI=1S/C12H10Cl3N3.C2H6/c1-7-5-17-12(15)18-11(7)16-6-8-2-3-9(13)4-10(8)14;1-2/h2-5H,6H2,1H3,(H,16,17,18);1-2H3. The van der Waals surface area contributed by atoms with Crippen LogP contribution in [0.2, 0.25) is 15.3 Å². The average Bonchev–Trinajstić information content (AvgIpc) is 2.43. The second kappa shape index (κ2) is 8.30. The summed E-state index contributed by atoms with van der Waals surface area (Å²) in [6.07, 6.45) is 1.67. The monoisotopic (exact) mass is 331 g/mol. The Morgan fingerprint density at radius 2 is 1.85 bits per heavy atom. The quantitative estimate of drug-likeness (QED) is 0.766. The summed E-state index contributed by atoms with van der Waals surface area (Å²) in [6.45, 7) is 6.45. The summed E-state index contributed by atoms with van der Waals surface area (Å²) in [5.74, 6) is 0.695. The molecule has 0 fully saturated rings. The maximum absolute atomic E-state index is 6.08. The molecule has 1 heterocycles. The zero-order valence-electron chi connectivity index (χ0n) is 11.5. The van der Waals surface area contributed by atoms with Crippen LogP contribution in [0.4, 0.5) is 5.82 Å². The van der Waals surface area contributed by atoms with E-state index in [0.29, 0.717) is 22.4 Å². The van der Waals surface area contributed by atoms with Crippen molar-refractivity contribution in [2.24, 2.45) is 0 Å². The first-order valence-corrected chi connectivity index (χ1v) is 7.36. The topological polar surface area (TPSA) is 37.8 Å². The first kappa shape index (κ1) is 17.0. The van der Waals surface area contributed by atoms with Gasteiger partial charge in [0.15, 0.2) is 0 Å². The van der Waals surface area contributed by atoms with Crippen LogP contribution in [-0.2, 0) is 6.54 Å². The molecule has 0 aliphatic heterocycles. The van der Waals surface area contributed by atoms with Gasteiger partial charge in [0.1, 0.15) is 5.82 Å². The second-order valence-electron chi connectivity index (χ2n) is 3.76. The molecule has 0 saturated carbocycles. The summed E-state index contributed by atoms with van der Waals surface area (Å²) >= 11 is 17.7. The number of benzene rings is 1. The number of nitrogens with one attached hydrogen (secondary N) is 1. The molecule has 0 amide bonds. The highest BCUT2D eigenvalue weighted by molar-refractivity contribution is 6.35. The van der Waals surface area contributed by atoms with Crippen molar-refractivity contribution >= 4 is 40.6 Å². The van der Waals surface area contributed by atoms with Crippen LogP contribution < -0.4 is 5.32 Å². The van der Waals surface area contributed by atoms with Crippen LogP contribution in [0.1, 0.15) is 25.0 Å². The Morgan fingerprint density at radius 3 is 2.50 bits per heavy atom. The number of rotatable bonds is 3. The van der Waals surface area contributed by atoms with Gasteiger partial charge in [0.05, 0.1) is 0 Å². The predicted molar refractivity (Wildman–Crippen MR) is 86.9 cm³/mol. The van der Waals surface area contributed by atoms with E-state index in [4.69, 9.17) is 34.8 Å². The van der Waals surface area contributed by atoms with E-state index < -0.39 is 0 Å². The minimum Gasteiger partial charge on any atom is -0.366 e. The van der Waals surface area contributed by atoms with Gasteiger partial charge in [-0.25, -0.2) is 9.97 Å². The van der Waals surface area contributed by atoms with Crippen molar-refractivity contribution in [1.29, 1.82) is 0 Å². The molecule has 2 rings (SSSR count). The van der Waals surface area contributed by atoms with Crippen LogP contribution >= 0.6 is 34.8 Å². The summed E-state index contributed by atoms with van der Waals surface area (Å²) in [5, 5.41) is 4.61. The summed E-state index contributed by atoms with van der Waals surface area (Å²) in [5.41, 5.74) is 1.86. The van der Waals surface area contributed by atoms with Gasteiger partial charge in [-0.1, -0.05) is 43.1 Å². The molecule has 0 bridgehead atoms. The molecule has 2 aromatic rings. The van der Waals surface area contributed by atoms with E-state index in [1.165, 1.54) is 0 Å². The van der Waals surface area contributed by atoms with E-state index in [1.807, 2.05) is 26.8 Å². The lowest BCUT2D eigenvalue weighted by Gasteiger charge is -2.09. The fourth-order valence-electron chi connectivity index (χ4n) is 1.44. The Kier molecular flexibility index (Phi) is 7.06. The number of nitrogens with zero attached hydrogens (tertiary/aromatic N) is 2. The Morgan fingerprint density at radius 1 is 1.15 bits per heavy atom. The van der Waals surface area contributed by atoms with Crippen molar-refractivity contribution in [2.75, 3.05) is 5.32 Å². The molecule has 0 saturated heterocycles. The van der Waals surface area contributed by atoms with Crippen LogP contribution in [0.15, 0.2) is 24.4 Å². The highest BCUT2D eigenvalue weighted by Gasteiger charge is 2.05. The summed E-state index contributed by atoms with van der Waals surface area (Å²) in [6, 6.07) is 5.37. The minimum absolute atomic E-state index is 0.213. The van der Waals surface area contributed by atoms with Crippen molar-refractivity contribution in [3.63, 3.8) is 0 Å². The fraction of sp³-hybridized carbons (Fsp3) is 0.286. The minimum atomic E-state index is 0.213. The third-order valence-corrected chi connectivity index (χ3v) is 3.17. The lowest BCUT2D eigenvalue weighted by Crippen LogP contribution is -2.04. The molecule has 108 valence electrons. The van der Waals surface area contributed by atoms with Crippen LogP contribution in [0, 0.1) is 6.92 Å². The fourth-order valence-corrected chi connectivity index (χ4v) is 2.05. The summed E-state index contributed by atoms with van der Waals surface area (Å²) in [4.78, 5) is 8.00. The lowest BCUT2D eigenvalue weighted by molar-refractivity contribution is 1.06. The molecule has 0 aliphatic rings. The number of hydrogen-bond donors (Lipinski definition) is 1. The molecular formula is C14H16Cl3N3. The van der Waals surface area contributed by atoms with Crippen molar-refractivity contribution in [1.82, 2.24) is 9.97 Å². The first-order chi connectivity index (χ1) is 9.56. The van der Waals surface area contributed by atoms with E-state index in [0.717, 1.165) is 11.1 Å². The van der Waals surface area contributed by atoms with Crippen molar-refractivity contribution in [3.8, 4) is 0 Å². The van der Waals surface area contributed by atoms with Crippen molar-refractivity contribution < 1.29 is 0 Å². The van der Waals surface area contributed by atoms with Crippen LogP contribution in [0.5, 0.6) is 0 Å². The zero-order valence-corrected chi connectivity index (χ0v) is 13.8. The molecule has 3 nitrogen and oxygen atoms in total. The molecule has 6 heteroatoms. The van der Waals surface area contributed by atoms with Crippen LogP contribution in [0.3, 0.4) is 0 Å². The highest BCUT2D eigenvalue weighted by Crippen LogP contribution is 2.22. The van der Waals surface area contributed by atoms with Crippen LogP contribution in [0.25, 0.3) is 0 Å². The number of aromatic nitrogens is 2. The Hall–Kier alpha value is -1.03. The summed E-state index contributed by atoms with van der Waals surface area (Å²) < 4.78 is 0. The van der Waals surface area contributed by atoms with Gasteiger partial charge in [0.2, 0.25) is 5.28 Å². The Balaban J connectivity index is 0.000000956. The SMILES string of the molecule is CC.Cc1cnc(Cl)nc1NCc1ccc(Cl)cc1Cl. The molecule has 1 N–H and O–H groups in total. The maximum Gasteiger partial charge on any atom is 0.224 e. The largest absolute Gasteiger partial charge is 0.366 e. The van der Waals surface area contributed by atoms with Gasteiger partial charge in [0, 0.05) is 28.4 Å². The second-order valence-corrected chi connectivity index (χ2v) is 4.94. The maximum atomic E-state index is 6.08. The van der Waals surface area contributed by atoms with Gasteiger partial charge >= 0.3 is 0 Å². The normalized spacial score (nSPS) is 9.70. The zero-order chi connectivity index (χ0) is 15.1. The first-order valence-electron chi connectivity index (χ1n) is 6.23. The lowest BCUT2D eigenvalue weighted by atomic mass is 10.2. The highest BCUT2D eigenvalue weighted by atomic mass is 35.5. The van der Waals surface area contributed by atoms with E-state index in [-0.39, 0.29) is 5.28 Å². The van der Waals surface area contributed by atoms with Crippen LogP contribution in [-0.4, -0.2) is 9.97 Å². The van der Waals surface area contributed by atoms with Crippen molar-refractivity contribution in [3.05, 3.63) is 50.9 Å². The molecule has 0 atom stereocenters. The van der Waals surface area contributed by atoms with Gasteiger partial charge in [-0.15, -0.1) is 0 Å². The van der Waals surface area contributed by atoms with E-state index >= 15 is 0 Å². The van der Waals surface area contributed by atoms with Gasteiger partial charge in [0.25, 0.3) is 0 Å². The Bertz CT molecular complexity index is 574. The number of aryl methyl sites for hydroxylation is 1. The van der Waals surface area contributed by atoms with Gasteiger partial charge in [-0.3, -0.25) is 0 Å². The van der Waals surface area contributed by atoms with E-state index in [9.17, 15) is 0 Å². The van der Waals surface area contributed by atoms with Crippen molar-refractivity contribution in [2.45, 2.75) is 27.3 Å². The van der Waals surface area contributed by atoms with E-state index in [1.54, 1.807) is 18.3 Å². The third-order valence-electron chi connectivity index (χ3n) is 2.40. The van der Waals surface area contributed by atoms with Gasteiger partial charge in [-0.2, -0.15) is 0 Å². The molecule has 0 radical (unpaired) electrons. The average molecular weight is 333 g/mol. The molecule has 20 heavy (non-hydrogen) atoms. The molecule has 1 aromatic heterocycles. The molecular weight excluding hydrogens is 317 g/mol. The molecule has 0 aliphatic carbocycles. The smallest absolute Gasteiger partial charge is 0.224 e. The number of hydrogen-bond acceptors (Lipinski definition) is 3. The molecule has 0 spiro atoms. The van der Waals surface area contributed by atoms with Gasteiger partial charge < -0.3 is 5.32 Å². The third kappa shape index (κ3) is 4.82. The summed E-state index contributed by atoms with van der Waals surface area (Å²) in [7, 11) is 0.